The number of esters is 1. The molecular formula is C20H17ClN2O3S. The Labute approximate surface area is 165 Å². The van der Waals surface area contributed by atoms with Crippen LogP contribution in [0.5, 0.6) is 0 Å². The van der Waals surface area contributed by atoms with E-state index in [0.29, 0.717) is 26.5 Å². The Morgan fingerprint density at radius 2 is 2.04 bits per heavy atom. The van der Waals surface area contributed by atoms with Gasteiger partial charge in [0.25, 0.3) is 5.91 Å². The number of nitrogens with zero attached hydrogens (tertiary/aromatic N) is 1. The summed E-state index contributed by atoms with van der Waals surface area (Å²) in [5.74, 6) is -0.814. The minimum atomic E-state index is -0.857. The van der Waals surface area contributed by atoms with Gasteiger partial charge in [-0.25, -0.2) is 9.78 Å². The summed E-state index contributed by atoms with van der Waals surface area (Å²) in [7, 11) is 0. The van der Waals surface area contributed by atoms with Crippen molar-refractivity contribution < 1.29 is 14.3 Å². The molecule has 2 heterocycles. The van der Waals surface area contributed by atoms with E-state index in [1.165, 1.54) is 11.3 Å². The fraction of sp³-hybridized carbons (Fsp3) is 0.250. The number of carbonyl (C=O) groups excluding carboxylic acids is 2. The standard InChI is InChI=1S/C20H17ClN2O3S/c1-11(19(24)22-12-6-7-12)26-20(25)14-10-16(17-8-9-18(21)27-17)23-15-5-3-2-4-13(14)15/h2-5,8-12H,6-7H2,1H3,(H,22,24)/t11-/m1/s1. The lowest BCUT2D eigenvalue weighted by Crippen LogP contribution is -2.37. The molecule has 1 aliphatic carbocycles. The van der Waals surface area contributed by atoms with Crippen LogP contribution in [-0.4, -0.2) is 29.0 Å². The smallest absolute Gasteiger partial charge is 0.339 e. The van der Waals surface area contributed by atoms with E-state index in [4.69, 9.17) is 16.3 Å². The monoisotopic (exact) mass is 400 g/mol. The Bertz CT molecular complexity index is 1030. The fourth-order valence-corrected chi connectivity index (χ4v) is 3.75. The van der Waals surface area contributed by atoms with E-state index in [1.54, 1.807) is 19.1 Å². The molecular weight excluding hydrogens is 384 g/mol. The van der Waals surface area contributed by atoms with Crippen LogP contribution in [0.1, 0.15) is 30.1 Å². The molecule has 2 aromatic heterocycles. The third-order valence-electron chi connectivity index (χ3n) is 4.34. The van der Waals surface area contributed by atoms with Crippen molar-refractivity contribution in [1.29, 1.82) is 0 Å². The van der Waals surface area contributed by atoms with Crippen LogP contribution in [0.4, 0.5) is 0 Å². The van der Waals surface area contributed by atoms with Gasteiger partial charge in [-0.15, -0.1) is 11.3 Å². The largest absolute Gasteiger partial charge is 0.449 e. The molecule has 0 unspecified atom stereocenters. The van der Waals surface area contributed by atoms with Gasteiger partial charge in [0, 0.05) is 11.4 Å². The lowest BCUT2D eigenvalue weighted by Gasteiger charge is -2.14. The van der Waals surface area contributed by atoms with Crippen LogP contribution in [0.15, 0.2) is 42.5 Å². The van der Waals surface area contributed by atoms with Gasteiger partial charge in [-0.05, 0) is 44.0 Å². The number of hydrogen-bond acceptors (Lipinski definition) is 5. The molecule has 1 fully saturated rings. The highest BCUT2D eigenvalue weighted by Crippen LogP contribution is 2.32. The lowest BCUT2D eigenvalue weighted by molar-refractivity contribution is -0.129. The second kappa shape index (κ2) is 7.29. The molecule has 7 heteroatoms. The van der Waals surface area contributed by atoms with Crippen LogP contribution >= 0.6 is 22.9 Å². The van der Waals surface area contributed by atoms with E-state index >= 15 is 0 Å². The van der Waals surface area contributed by atoms with E-state index in [1.807, 2.05) is 30.3 Å². The molecule has 1 amide bonds. The number of nitrogens with one attached hydrogen (secondary N) is 1. The Balaban J connectivity index is 1.66. The average Bonchev–Trinajstić information content (AvgIpc) is 3.37. The quantitative estimate of drug-likeness (QED) is 0.643. The first-order valence-corrected chi connectivity index (χ1v) is 9.87. The Morgan fingerprint density at radius 3 is 2.74 bits per heavy atom. The van der Waals surface area contributed by atoms with Crippen LogP contribution in [0.2, 0.25) is 4.34 Å². The highest BCUT2D eigenvalue weighted by atomic mass is 35.5. The molecule has 1 saturated carbocycles. The molecule has 0 aliphatic heterocycles. The number of amides is 1. The van der Waals surface area contributed by atoms with Gasteiger partial charge in [0.2, 0.25) is 0 Å². The molecule has 0 spiro atoms. The highest BCUT2D eigenvalue weighted by Gasteiger charge is 2.28. The summed E-state index contributed by atoms with van der Waals surface area (Å²) >= 11 is 7.42. The van der Waals surface area contributed by atoms with Crippen molar-refractivity contribution in [2.24, 2.45) is 0 Å². The van der Waals surface area contributed by atoms with Gasteiger partial charge >= 0.3 is 5.97 Å². The summed E-state index contributed by atoms with van der Waals surface area (Å²) in [5, 5.41) is 3.53. The fourth-order valence-electron chi connectivity index (χ4n) is 2.75. The molecule has 0 radical (unpaired) electrons. The minimum Gasteiger partial charge on any atom is -0.449 e. The van der Waals surface area contributed by atoms with E-state index in [2.05, 4.69) is 10.3 Å². The Hall–Kier alpha value is -2.44. The van der Waals surface area contributed by atoms with Gasteiger partial charge in [-0.2, -0.15) is 0 Å². The molecule has 1 atom stereocenters. The molecule has 0 saturated heterocycles. The van der Waals surface area contributed by atoms with Crippen LogP contribution in [0, 0.1) is 0 Å². The molecule has 1 N–H and O–H groups in total. The maximum atomic E-state index is 12.8. The SMILES string of the molecule is C[C@@H](OC(=O)c1cc(-c2ccc(Cl)s2)nc2ccccc12)C(=O)NC1CC1. The molecule has 27 heavy (non-hydrogen) atoms. The number of aromatic nitrogens is 1. The van der Waals surface area contributed by atoms with E-state index in [9.17, 15) is 9.59 Å². The van der Waals surface area contributed by atoms with Gasteiger partial charge in [-0.1, -0.05) is 29.8 Å². The summed E-state index contributed by atoms with van der Waals surface area (Å²) in [5.41, 5.74) is 1.71. The summed E-state index contributed by atoms with van der Waals surface area (Å²) in [4.78, 5) is 30.4. The predicted octanol–water partition coefficient (Wildman–Crippen LogP) is 4.44. The number of pyridine rings is 1. The summed E-state index contributed by atoms with van der Waals surface area (Å²) < 4.78 is 6.08. The first-order chi connectivity index (χ1) is 13.0. The summed E-state index contributed by atoms with van der Waals surface area (Å²) in [6.45, 7) is 1.58. The first kappa shape index (κ1) is 17.9. The normalized spacial score (nSPS) is 14.7. The number of halogens is 1. The van der Waals surface area contributed by atoms with E-state index in [0.717, 1.165) is 17.7 Å². The van der Waals surface area contributed by atoms with Crippen molar-refractivity contribution in [3.8, 4) is 10.6 Å². The number of para-hydroxylation sites is 1. The predicted molar refractivity (Wildman–Crippen MR) is 106 cm³/mol. The molecule has 3 aromatic rings. The van der Waals surface area contributed by atoms with Crippen molar-refractivity contribution in [2.45, 2.75) is 31.9 Å². The molecule has 4 rings (SSSR count). The maximum absolute atomic E-state index is 12.8. The van der Waals surface area contributed by atoms with Gasteiger partial charge < -0.3 is 10.1 Å². The van der Waals surface area contributed by atoms with Crippen LogP contribution in [0.3, 0.4) is 0 Å². The number of thiophene rings is 1. The zero-order chi connectivity index (χ0) is 19.0. The molecule has 1 aliphatic rings. The molecule has 5 nitrogen and oxygen atoms in total. The Kier molecular flexibility index (Phi) is 4.85. The van der Waals surface area contributed by atoms with E-state index < -0.39 is 12.1 Å². The number of ether oxygens (including phenoxy) is 1. The third kappa shape index (κ3) is 3.96. The van der Waals surface area contributed by atoms with Crippen molar-refractivity contribution in [1.82, 2.24) is 10.3 Å². The highest BCUT2D eigenvalue weighted by molar-refractivity contribution is 7.19. The first-order valence-electron chi connectivity index (χ1n) is 8.68. The molecule has 138 valence electrons. The van der Waals surface area contributed by atoms with Gasteiger partial charge in [-0.3, -0.25) is 4.79 Å². The number of rotatable bonds is 5. The van der Waals surface area contributed by atoms with Crippen LogP contribution in [0.25, 0.3) is 21.5 Å². The topological polar surface area (TPSA) is 68.3 Å². The molecule has 0 bridgehead atoms. The van der Waals surface area contributed by atoms with Crippen LogP contribution in [-0.2, 0) is 9.53 Å². The van der Waals surface area contributed by atoms with Crippen molar-refractivity contribution >= 4 is 45.7 Å². The van der Waals surface area contributed by atoms with Crippen molar-refractivity contribution in [3.05, 3.63) is 52.4 Å². The third-order valence-corrected chi connectivity index (χ3v) is 5.59. The van der Waals surface area contributed by atoms with Crippen molar-refractivity contribution in [3.63, 3.8) is 0 Å². The average molecular weight is 401 g/mol. The van der Waals surface area contributed by atoms with Gasteiger partial charge in [0.1, 0.15) is 0 Å². The van der Waals surface area contributed by atoms with Gasteiger partial charge in [0.15, 0.2) is 6.10 Å². The maximum Gasteiger partial charge on any atom is 0.339 e. The lowest BCUT2D eigenvalue weighted by atomic mass is 10.1. The van der Waals surface area contributed by atoms with Gasteiger partial charge in [0.05, 0.1) is 26.0 Å². The minimum absolute atomic E-state index is 0.218. The Morgan fingerprint density at radius 1 is 1.26 bits per heavy atom. The zero-order valence-electron chi connectivity index (χ0n) is 14.6. The van der Waals surface area contributed by atoms with Crippen LogP contribution < -0.4 is 5.32 Å². The summed E-state index contributed by atoms with van der Waals surface area (Å²) in [6, 6.07) is 12.9. The number of benzene rings is 1. The number of hydrogen-bond donors (Lipinski definition) is 1. The second-order valence-corrected chi connectivity index (χ2v) is 8.22. The van der Waals surface area contributed by atoms with Crippen molar-refractivity contribution in [2.75, 3.05) is 0 Å². The number of carbonyl (C=O) groups is 2. The summed E-state index contributed by atoms with van der Waals surface area (Å²) in [6.07, 6.45) is 1.10. The van der Waals surface area contributed by atoms with E-state index in [-0.39, 0.29) is 11.9 Å². The zero-order valence-corrected chi connectivity index (χ0v) is 16.1. The number of fused-ring (bicyclic) bond motifs is 1. The second-order valence-electron chi connectivity index (χ2n) is 6.51. The molecule has 1 aromatic carbocycles.